The van der Waals surface area contributed by atoms with E-state index < -0.39 is 0 Å². The molecule has 0 heteroatoms. The number of hydrogen-bond acceptors (Lipinski definition) is 0. The summed E-state index contributed by atoms with van der Waals surface area (Å²) in [5.74, 6) is 0. The second-order valence-electron chi connectivity index (χ2n) is 5.12. The average molecular weight is 242 g/mol. The average Bonchev–Trinajstić information content (AvgIpc) is 2.25. The molecular weight excluding hydrogens is 216 g/mol. The van der Waals surface area contributed by atoms with Gasteiger partial charge in [0.1, 0.15) is 0 Å². The van der Waals surface area contributed by atoms with Crippen molar-refractivity contribution in [2.45, 2.75) is 39.5 Å². The quantitative estimate of drug-likeness (QED) is 0.347. The third kappa shape index (κ3) is 6.90. The molecule has 18 heavy (non-hydrogen) atoms. The van der Waals surface area contributed by atoms with Crippen molar-refractivity contribution < 1.29 is 0 Å². The molecule has 0 saturated heterocycles. The van der Waals surface area contributed by atoms with Crippen LogP contribution in [0.4, 0.5) is 0 Å². The molecule has 0 heterocycles. The predicted octanol–water partition coefficient (Wildman–Crippen LogP) is 5.92. The SMILES string of the molecule is C=C(CCC(=C)CC(=C)C(=C)C)CC(=C)C(=C)C. The lowest BCUT2D eigenvalue weighted by Gasteiger charge is -2.11. The third-order valence-corrected chi connectivity index (χ3v) is 2.97. The summed E-state index contributed by atoms with van der Waals surface area (Å²) in [6.45, 7) is 27.8. The minimum atomic E-state index is 0.837. The van der Waals surface area contributed by atoms with Crippen LogP contribution in [0.1, 0.15) is 39.5 Å². The Bertz CT molecular complexity index is 362. The first-order valence-electron chi connectivity index (χ1n) is 6.24. The van der Waals surface area contributed by atoms with E-state index in [0.29, 0.717) is 0 Å². The van der Waals surface area contributed by atoms with Gasteiger partial charge in [-0.1, -0.05) is 61.8 Å². The van der Waals surface area contributed by atoms with Crippen LogP contribution < -0.4 is 0 Å². The molecule has 0 aromatic rings. The Morgan fingerprint density at radius 3 is 1.11 bits per heavy atom. The fraction of sp³-hybridized carbons (Fsp3) is 0.333. The third-order valence-electron chi connectivity index (χ3n) is 2.97. The van der Waals surface area contributed by atoms with Crippen molar-refractivity contribution in [3.63, 3.8) is 0 Å². The highest BCUT2D eigenvalue weighted by molar-refractivity contribution is 5.29. The Morgan fingerprint density at radius 2 is 0.889 bits per heavy atom. The van der Waals surface area contributed by atoms with E-state index in [9.17, 15) is 0 Å². The van der Waals surface area contributed by atoms with Crippen molar-refractivity contribution in [1.29, 1.82) is 0 Å². The van der Waals surface area contributed by atoms with Crippen LogP contribution in [0.3, 0.4) is 0 Å². The summed E-state index contributed by atoms with van der Waals surface area (Å²) >= 11 is 0. The van der Waals surface area contributed by atoms with Gasteiger partial charge in [-0.3, -0.25) is 0 Å². The Morgan fingerprint density at radius 1 is 0.611 bits per heavy atom. The number of hydrogen-bond donors (Lipinski definition) is 0. The molecule has 0 aromatic carbocycles. The monoisotopic (exact) mass is 242 g/mol. The summed E-state index contributed by atoms with van der Waals surface area (Å²) in [4.78, 5) is 0. The molecule has 0 unspecified atom stereocenters. The summed E-state index contributed by atoms with van der Waals surface area (Å²) in [6.07, 6.45) is 3.58. The van der Waals surface area contributed by atoms with E-state index in [4.69, 9.17) is 0 Å². The van der Waals surface area contributed by atoms with Gasteiger partial charge in [0.05, 0.1) is 0 Å². The topological polar surface area (TPSA) is 0 Å². The second-order valence-corrected chi connectivity index (χ2v) is 5.12. The zero-order chi connectivity index (χ0) is 14.3. The Labute approximate surface area is 113 Å². The standard InChI is InChI=1S/C18H26/c1-13(2)17(7)11-15(5)9-10-16(6)12-18(8)14(3)4/h1,3,5-12H2,2,4H3. The normalized spacial score (nSPS) is 9.67. The molecule has 0 aliphatic carbocycles. The molecule has 0 aliphatic heterocycles. The van der Waals surface area contributed by atoms with Gasteiger partial charge in [-0.2, -0.15) is 0 Å². The van der Waals surface area contributed by atoms with Gasteiger partial charge < -0.3 is 0 Å². The first-order valence-corrected chi connectivity index (χ1v) is 6.24. The molecule has 0 bridgehead atoms. The summed E-state index contributed by atoms with van der Waals surface area (Å²) in [5, 5.41) is 0. The van der Waals surface area contributed by atoms with Crippen molar-refractivity contribution in [3.05, 3.63) is 72.9 Å². The molecule has 0 rings (SSSR count). The molecule has 0 spiro atoms. The van der Waals surface area contributed by atoms with E-state index in [-0.39, 0.29) is 0 Å². The van der Waals surface area contributed by atoms with Gasteiger partial charge in [-0.15, -0.1) is 0 Å². The van der Waals surface area contributed by atoms with Crippen LogP contribution in [-0.2, 0) is 0 Å². The van der Waals surface area contributed by atoms with Crippen LogP contribution in [0.5, 0.6) is 0 Å². The van der Waals surface area contributed by atoms with Crippen LogP contribution in [0.25, 0.3) is 0 Å². The fourth-order valence-electron chi connectivity index (χ4n) is 1.44. The van der Waals surface area contributed by atoms with E-state index in [1.807, 2.05) is 13.8 Å². The van der Waals surface area contributed by atoms with Gasteiger partial charge in [0.2, 0.25) is 0 Å². The van der Waals surface area contributed by atoms with Crippen LogP contribution in [-0.4, -0.2) is 0 Å². The molecule has 0 saturated carbocycles. The molecule has 0 fully saturated rings. The van der Waals surface area contributed by atoms with Gasteiger partial charge in [0.25, 0.3) is 0 Å². The lowest BCUT2D eigenvalue weighted by molar-refractivity contribution is 0.865. The van der Waals surface area contributed by atoms with Crippen LogP contribution in [0.2, 0.25) is 0 Å². The van der Waals surface area contributed by atoms with E-state index in [1.165, 1.54) is 11.1 Å². The van der Waals surface area contributed by atoms with Crippen molar-refractivity contribution in [2.75, 3.05) is 0 Å². The maximum absolute atomic E-state index is 4.08. The Balaban J connectivity index is 4.03. The molecule has 98 valence electrons. The largest absolute Gasteiger partial charge is 0.0995 e. The van der Waals surface area contributed by atoms with Crippen molar-refractivity contribution in [1.82, 2.24) is 0 Å². The summed E-state index contributed by atoms with van der Waals surface area (Å²) in [5.41, 5.74) is 6.57. The van der Waals surface area contributed by atoms with E-state index in [0.717, 1.165) is 48.0 Å². The zero-order valence-corrected chi connectivity index (χ0v) is 12.1. The molecule has 0 aliphatic rings. The van der Waals surface area contributed by atoms with Gasteiger partial charge in [-0.25, -0.2) is 0 Å². The highest BCUT2D eigenvalue weighted by Gasteiger charge is 2.03. The number of allylic oxidation sites excluding steroid dienone is 6. The Kier molecular flexibility index (Phi) is 7.04. The van der Waals surface area contributed by atoms with E-state index in [1.54, 1.807) is 0 Å². The maximum atomic E-state index is 4.08. The predicted molar refractivity (Wildman–Crippen MR) is 84.7 cm³/mol. The second kappa shape index (κ2) is 7.71. The van der Waals surface area contributed by atoms with E-state index in [2.05, 4.69) is 39.5 Å². The summed E-state index contributed by atoms with van der Waals surface area (Å²) in [6, 6.07) is 0. The van der Waals surface area contributed by atoms with Gasteiger partial charge >= 0.3 is 0 Å². The van der Waals surface area contributed by atoms with Gasteiger partial charge in [-0.05, 0) is 50.7 Å². The smallest absolute Gasteiger partial charge is 0.00732 e. The van der Waals surface area contributed by atoms with Crippen molar-refractivity contribution in [3.8, 4) is 0 Å². The molecule has 0 N–H and O–H groups in total. The van der Waals surface area contributed by atoms with Crippen LogP contribution in [0.15, 0.2) is 72.9 Å². The van der Waals surface area contributed by atoms with Crippen LogP contribution >= 0.6 is 0 Å². The Hall–Kier alpha value is -1.56. The zero-order valence-electron chi connectivity index (χ0n) is 12.1. The van der Waals surface area contributed by atoms with Gasteiger partial charge in [0, 0.05) is 0 Å². The lowest BCUT2D eigenvalue weighted by atomic mass is 9.95. The molecule has 0 nitrogen and oxygen atoms in total. The summed E-state index contributed by atoms with van der Waals surface area (Å²) < 4.78 is 0. The lowest BCUT2D eigenvalue weighted by Crippen LogP contribution is -1.91. The van der Waals surface area contributed by atoms with Crippen molar-refractivity contribution >= 4 is 0 Å². The first kappa shape index (κ1) is 16.4. The minimum Gasteiger partial charge on any atom is -0.0995 e. The molecule has 0 amide bonds. The highest BCUT2D eigenvalue weighted by atomic mass is 14.1. The van der Waals surface area contributed by atoms with Crippen molar-refractivity contribution in [2.24, 2.45) is 0 Å². The number of rotatable bonds is 9. The maximum Gasteiger partial charge on any atom is -0.00732 e. The van der Waals surface area contributed by atoms with Gasteiger partial charge in [0.15, 0.2) is 0 Å². The molecule has 0 aromatic heterocycles. The fourth-order valence-corrected chi connectivity index (χ4v) is 1.44. The van der Waals surface area contributed by atoms with E-state index >= 15 is 0 Å². The minimum absolute atomic E-state index is 0.837. The summed E-state index contributed by atoms with van der Waals surface area (Å²) in [7, 11) is 0. The highest BCUT2D eigenvalue weighted by Crippen LogP contribution is 2.23. The molecular formula is C18H26. The van der Waals surface area contributed by atoms with Crippen LogP contribution in [0, 0.1) is 0 Å². The first-order chi connectivity index (χ1) is 8.23. The molecule has 0 radical (unpaired) electrons. The molecule has 0 atom stereocenters.